The fraction of sp³-hybridized carbons (Fsp3) is 0.250. The van der Waals surface area contributed by atoms with Crippen LogP contribution in [0.2, 0.25) is 0 Å². The lowest BCUT2D eigenvalue weighted by Gasteiger charge is -2.12. The number of thioether (sulfide) groups is 1. The van der Waals surface area contributed by atoms with E-state index in [0.717, 1.165) is 17.5 Å². The average Bonchev–Trinajstić information content (AvgIpc) is 2.83. The largest absolute Gasteiger partial charge is 0.481 e. The van der Waals surface area contributed by atoms with Gasteiger partial charge in [0.05, 0.1) is 11.3 Å². The van der Waals surface area contributed by atoms with E-state index in [1.54, 1.807) is 18.2 Å². The normalized spacial score (nSPS) is 17.5. The Bertz CT molecular complexity index is 576. The summed E-state index contributed by atoms with van der Waals surface area (Å²) in [5, 5.41) is 8.63. The van der Waals surface area contributed by atoms with Gasteiger partial charge in [0.15, 0.2) is 0 Å². The Morgan fingerprint density at radius 3 is 2.89 bits per heavy atom. The highest BCUT2D eigenvalue weighted by atomic mass is 32.2. The standard InChI is InChI=1S/C12H11NO4S2/c1-7-2-3-8(17-7)6-9-11(16)13(12(18)19-9)5-4-10(14)15/h2-3,6H,4-5H2,1H3,(H,14,15). The van der Waals surface area contributed by atoms with Crippen molar-refractivity contribution in [2.75, 3.05) is 6.54 Å². The molecule has 1 amide bonds. The topological polar surface area (TPSA) is 70.8 Å². The summed E-state index contributed by atoms with van der Waals surface area (Å²) in [4.78, 5) is 24.3. The number of thiocarbonyl (C=S) groups is 1. The lowest BCUT2D eigenvalue weighted by molar-refractivity contribution is -0.137. The van der Waals surface area contributed by atoms with Gasteiger partial charge in [-0.15, -0.1) is 0 Å². The maximum Gasteiger partial charge on any atom is 0.305 e. The Hall–Kier alpha value is -1.60. The lowest BCUT2D eigenvalue weighted by atomic mass is 10.3. The van der Waals surface area contributed by atoms with Crippen molar-refractivity contribution in [3.05, 3.63) is 28.6 Å². The first kappa shape index (κ1) is 13.8. The average molecular weight is 297 g/mol. The zero-order valence-corrected chi connectivity index (χ0v) is 11.7. The van der Waals surface area contributed by atoms with Crippen molar-refractivity contribution >= 4 is 46.3 Å². The molecule has 1 aromatic heterocycles. The van der Waals surface area contributed by atoms with Crippen LogP contribution in [-0.4, -0.2) is 32.7 Å². The summed E-state index contributed by atoms with van der Waals surface area (Å²) >= 11 is 6.23. The number of carboxylic acid groups (broad SMARTS) is 1. The van der Waals surface area contributed by atoms with Crippen molar-refractivity contribution in [3.63, 3.8) is 0 Å². The summed E-state index contributed by atoms with van der Waals surface area (Å²) in [5.74, 6) is 0.105. The summed E-state index contributed by atoms with van der Waals surface area (Å²) in [6.45, 7) is 1.91. The number of carbonyl (C=O) groups excluding carboxylic acids is 1. The molecule has 7 heteroatoms. The fourth-order valence-corrected chi connectivity index (χ4v) is 2.85. The van der Waals surface area contributed by atoms with Gasteiger partial charge in [0.25, 0.3) is 5.91 Å². The molecule has 0 bridgehead atoms. The summed E-state index contributed by atoms with van der Waals surface area (Å²) in [6.07, 6.45) is 1.49. The molecule has 0 saturated carbocycles. The van der Waals surface area contributed by atoms with Crippen molar-refractivity contribution in [2.45, 2.75) is 13.3 Å². The van der Waals surface area contributed by atoms with Crippen LogP contribution in [-0.2, 0) is 9.59 Å². The number of amides is 1. The number of aryl methyl sites for hydroxylation is 1. The molecule has 0 atom stereocenters. The van der Waals surface area contributed by atoms with E-state index in [1.165, 1.54) is 4.90 Å². The smallest absolute Gasteiger partial charge is 0.305 e. The van der Waals surface area contributed by atoms with E-state index >= 15 is 0 Å². The van der Waals surface area contributed by atoms with Crippen LogP contribution < -0.4 is 0 Å². The minimum absolute atomic E-state index is 0.0918. The maximum absolute atomic E-state index is 12.1. The van der Waals surface area contributed by atoms with Gasteiger partial charge in [-0.2, -0.15) is 0 Å². The van der Waals surface area contributed by atoms with Crippen LogP contribution in [0.15, 0.2) is 21.5 Å². The molecule has 0 aliphatic carbocycles. The van der Waals surface area contributed by atoms with E-state index in [-0.39, 0.29) is 18.9 Å². The Morgan fingerprint density at radius 1 is 1.58 bits per heavy atom. The molecule has 1 fully saturated rings. The van der Waals surface area contributed by atoms with Gasteiger partial charge in [-0.3, -0.25) is 14.5 Å². The Kier molecular flexibility index (Phi) is 4.06. The molecule has 2 rings (SSSR count). The molecule has 5 nitrogen and oxygen atoms in total. The van der Waals surface area contributed by atoms with Crippen LogP contribution >= 0.6 is 24.0 Å². The minimum atomic E-state index is -0.959. The van der Waals surface area contributed by atoms with E-state index < -0.39 is 5.97 Å². The van der Waals surface area contributed by atoms with Crippen LogP contribution in [0.4, 0.5) is 0 Å². The lowest BCUT2D eigenvalue weighted by Crippen LogP contribution is -2.30. The third-order valence-corrected chi connectivity index (χ3v) is 3.84. The fourth-order valence-electron chi connectivity index (χ4n) is 1.56. The Labute approximate surface area is 119 Å². The number of rotatable bonds is 4. The molecule has 100 valence electrons. The van der Waals surface area contributed by atoms with Crippen LogP contribution in [0.3, 0.4) is 0 Å². The molecule has 1 aliphatic rings. The minimum Gasteiger partial charge on any atom is -0.481 e. The second kappa shape index (κ2) is 5.58. The molecule has 2 heterocycles. The van der Waals surface area contributed by atoms with Gasteiger partial charge in [-0.05, 0) is 19.1 Å². The van der Waals surface area contributed by atoms with Gasteiger partial charge in [0, 0.05) is 12.6 Å². The number of hydrogen-bond acceptors (Lipinski definition) is 5. The zero-order chi connectivity index (χ0) is 14.0. The Balaban J connectivity index is 2.13. The SMILES string of the molecule is Cc1ccc(C=C2SC(=S)N(CCC(=O)O)C2=O)o1. The van der Waals surface area contributed by atoms with Crippen molar-refractivity contribution in [1.29, 1.82) is 0 Å². The molecule has 0 unspecified atom stereocenters. The summed E-state index contributed by atoms with van der Waals surface area (Å²) in [6, 6.07) is 3.57. The molecular weight excluding hydrogens is 286 g/mol. The highest BCUT2D eigenvalue weighted by Crippen LogP contribution is 2.32. The maximum atomic E-state index is 12.1. The second-order valence-electron chi connectivity index (χ2n) is 3.93. The molecule has 0 aromatic carbocycles. The number of aliphatic carboxylic acids is 1. The van der Waals surface area contributed by atoms with Crippen molar-refractivity contribution in [2.24, 2.45) is 0 Å². The molecule has 1 aromatic rings. The third kappa shape index (κ3) is 3.24. The highest BCUT2D eigenvalue weighted by molar-refractivity contribution is 8.26. The van der Waals surface area contributed by atoms with Gasteiger partial charge in [-0.25, -0.2) is 0 Å². The monoisotopic (exact) mass is 297 g/mol. The quantitative estimate of drug-likeness (QED) is 0.679. The molecule has 19 heavy (non-hydrogen) atoms. The number of nitrogens with zero attached hydrogens (tertiary/aromatic N) is 1. The number of carboxylic acids is 1. The Morgan fingerprint density at radius 2 is 2.32 bits per heavy atom. The van der Waals surface area contributed by atoms with Crippen LogP contribution in [0.5, 0.6) is 0 Å². The number of carbonyl (C=O) groups is 2. The number of hydrogen-bond donors (Lipinski definition) is 1. The van der Waals surface area contributed by atoms with Crippen LogP contribution in [0.25, 0.3) is 6.08 Å². The first-order valence-corrected chi connectivity index (χ1v) is 6.73. The molecule has 0 radical (unpaired) electrons. The summed E-state index contributed by atoms with van der Waals surface area (Å²) in [5.41, 5.74) is 0. The van der Waals surface area contributed by atoms with Crippen molar-refractivity contribution in [1.82, 2.24) is 4.90 Å². The predicted molar refractivity (Wildman–Crippen MR) is 75.6 cm³/mol. The van der Waals surface area contributed by atoms with E-state index in [0.29, 0.717) is 15.0 Å². The van der Waals surface area contributed by atoms with Gasteiger partial charge < -0.3 is 9.52 Å². The van der Waals surface area contributed by atoms with Gasteiger partial charge in [0.2, 0.25) is 0 Å². The first-order chi connectivity index (χ1) is 8.97. The predicted octanol–water partition coefficient (Wildman–Crippen LogP) is 2.26. The summed E-state index contributed by atoms with van der Waals surface area (Å²) in [7, 11) is 0. The molecule has 1 saturated heterocycles. The van der Waals surface area contributed by atoms with Crippen molar-refractivity contribution < 1.29 is 19.1 Å². The van der Waals surface area contributed by atoms with E-state index in [4.69, 9.17) is 21.7 Å². The van der Waals surface area contributed by atoms with Crippen LogP contribution in [0.1, 0.15) is 17.9 Å². The van der Waals surface area contributed by atoms with Gasteiger partial charge in [-0.1, -0.05) is 24.0 Å². The summed E-state index contributed by atoms with van der Waals surface area (Å²) < 4.78 is 5.74. The molecule has 1 N–H and O–H groups in total. The highest BCUT2D eigenvalue weighted by Gasteiger charge is 2.32. The van der Waals surface area contributed by atoms with Gasteiger partial charge in [0.1, 0.15) is 15.8 Å². The van der Waals surface area contributed by atoms with Crippen LogP contribution in [0, 0.1) is 6.92 Å². The van der Waals surface area contributed by atoms with E-state index in [1.807, 2.05) is 6.92 Å². The van der Waals surface area contributed by atoms with E-state index in [2.05, 4.69) is 0 Å². The number of furan rings is 1. The molecule has 1 aliphatic heterocycles. The molecule has 0 spiro atoms. The molecular formula is C12H11NO4S2. The van der Waals surface area contributed by atoms with Crippen molar-refractivity contribution in [3.8, 4) is 0 Å². The van der Waals surface area contributed by atoms with E-state index in [9.17, 15) is 9.59 Å². The third-order valence-electron chi connectivity index (χ3n) is 2.46. The first-order valence-electron chi connectivity index (χ1n) is 5.51. The van der Waals surface area contributed by atoms with Gasteiger partial charge >= 0.3 is 5.97 Å². The second-order valence-corrected chi connectivity index (χ2v) is 5.60. The zero-order valence-electron chi connectivity index (χ0n) is 10.1.